The number of hydrogen-bond donors (Lipinski definition) is 1. The van der Waals surface area contributed by atoms with E-state index in [4.69, 9.17) is 5.73 Å². The molecule has 0 fully saturated rings. The zero-order valence-electron chi connectivity index (χ0n) is 11.1. The van der Waals surface area contributed by atoms with Crippen molar-refractivity contribution < 1.29 is 4.79 Å². The summed E-state index contributed by atoms with van der Waals surface area (Å²) in [4.78, 5) is 14.1. The quantitative estimate of drug-likeness (QED) is 0.669. The van der Waals surface area contributed by atoms with E-state index in [0.717, 1.165) is 29.9 Å². The highest BCUT2D eigenvalue weighted by Gasteiger charge is 2.22. The normalized spacial score (nSPS) is 13.7. The third kappa shape index (κ3) is 2.43. The predicted octanol–water partition coefficient (Wildman–Crippen LogP) is 2.87. The van der Waals surface area contributed by atoms with Gasteiger partial charge < -0.3 is 10.6 Å². The van der Waals surface area contributed by atoms with Crippen molar-refractivity contribution in [3.8, 4) is 0 Å². The van der Waals surface area contributed by atoms with Crippen LogP contribution in [0.2, 0.25) is 0 Å². The topological polar surface area (TPSA) is 46.3 Å². The van der Waals surface area contributed by atoms with E-state index < -0.39 is 0 Å². The van der Waals surface area contributed by atoms with Crippen LogP contribution >= 0.6 is 0 Å². The molecule has 1 amide bonds. The van der Waals surface area contributed by atoms with E-state index >= 15 is 0 Å². The van der Waals surface area contributed by atoms with Gasteiger partial charge in [0.25, 0.3) is 5.91 Å². The van der Waals surface area contributed by atoms with Gasteiger partial charge in [0.05, 0.1) is 0 Å². The maximum atomic E-state index is 12.3. The summed E-state index contributed by atoms with van der Waals surface area (Å²) in [5.74, 6) is 0.0202. The average molecular weight is 264 g/mol. The number of carbonyl (C=O) groups is 1. The Bertz CT molecular complexity index is 659. The van der Waals surface area contributed by atoms with Crippen molar-refractivity contribution >= 4 is 23.4 Å². The number of nitrogens with two attached hydrogens (primary N) is 1. The third-order valence-corrected chi connectivity index (χ3v) is 3.51. The summed E-state index contributed by atoms with van der Waals surface area (Å²) in [6.07, 6.45) is 4.37. The molecule has 0 atom stereocenters. The van der Waals surface area contributed by atoms with Crippen molar-refractivity contribution in [3.05, 3.63) is 65.7 Å². The van der Waals surface area contributed by atoms with E-state index in [2.05, 4.69) is 6.07 Å². The van der Waals surface area contributed by atoms with Crippen molar-refractivity contribution in [1.29, 1.82) is 0 Å². The molecule has 2 aromatic rings. The lowest BCUT2D eigenvalue weighted by Gasteiger charge is -2.14. The lowest BCUT2D eigenvalue weighted by atomic mass is 10.2. The Morgan fingerprint density at radius 1 is 1.10 bits per heavy atom. The molecule has 0 unspecified atom stereocenters. The van der Waals surface area contributed by atoms with Gasteiger partial charge in [0.1, 0.15) is 0 Å². The van der Waals surface area contributed by atoms with Gasteiger partial charge in [0, 0.05) is 24.0 Å². The van der Waals surface area contributed by atoms with Gasteiger partial charge in [-0.25, -0.2) is 0 Å². The highest BCUT2D eigenvalue weighted by atomic mass is 16.2. The Morgan fingerprint density at radius 2 is 1.85 bits per heavy atom. The lowest BCUT2D eigenvalue weighted by molar-refractivity contribution is -0.114. The number of amides is 1. The zero-order valence-corrected chi connectivity index (χ0v) is 11.1. The number of benzene rings is 2. The molecule has 3 heteroatoms. The van der Waals surface area contributed by atoms with Crippen LogP contribution in [-0.4, -0.2) is 12.5 Å². The number of anilines is 2. The van der Waals surface area contributed by atoms with E-state index in [-0.39, 0.29) is 5.91 Å². The van der Waals surface area contributed by atoms with Crippen LogP contribution in [0.1, 0.15) is 11.1 Å². The van der Waals surface area contributed by atoms with E-state index in [0.29, 0.717) is 0 Å². The lowest BCUT2D eigenvalue weighted by Crippen LogP contribution is -2.26. The van der Waals surface area contributed by atoms with Gasteiger partial charge in [-0.1, -0.05) is 30.3 Å². The van der Waals surface area contributed by atoms with Crippen molar-refractivity contribution in [3.63, 3.8) is 0 Å². The van der Waals surface area contributed by atoms with Crippen molar-refractivity contribution in [2.75, 3.05) is 17.2 Å². The summed E-state index contributed by atoms with van der Waals surface area (Å²) >= 11 is 0. The molecule has 1 aliphatic heterocycles. The van der Waals surface area contributed by atoms with Crippen LogP contribution in [0.4, 0.5) is 11.4 Å². The zero-order chi connectivity index (χ0) is 13.9. The summed E-state index contributed by atoms with van der Waals surface area (Å²) in [5, 5.41) is 0. The first-order chi connectivity index (χ1) is 9.74. The molecule has 2 N–H and O–H groups in total. The first kappa shape index (κ1) is 12.5. The molecule has 1 heterocycles. The summed E-state index contributed by atoms with van der Waals surface area (Å²) in [6.45, 7) is 0.754. The van der Waals surface area contributed by atoms with E-state index in [1.54, 1.807) is 6.08 Å². The van der Waals surface area contributed by atoms with Gasteiger partial charge in [-0.3, -0.25) is 4.79 Å². The van der Waals surface area contributed by atoms with Gasteiger partial charge in [-0.2, -0.15) is 0 Å². The Labute approximate surface area is 118 Å². The Kier molecular flexibility index (Phi) is 3.25. The maximum Gasteiger partial charge on any atom is 0.251 e. The summed E-state index contributed by atoms with van der Waals surface area (Å²) in [6, 6.07) is 15.5. The van der Waals surface area contributed by atoms with Crippen molar-refractivity contribution in [2.45, 2.75) is 6.42 Å². The molecule has 3 nitrogen and oxygen atoms in total. The second kappa shape index (κ2) is 5.21. The van der Waals surface area contributed by atoms with Crippen molar-refractivity contribution in [1.82, 2.24) is 0 Å². The molecular formula is C17H16N2O. The second-order valence-electron chi connectivity index (χ2n) is 4.87. The molecule has 20 heavy (non-hydrogen) atoms. The van der Waals surface area contributed by atoms with E-state index in [9.17, 15) is 4.79 Å². The number of carbonyl (C=O) groups excluding carboxylic acids is 1. The number of nitrogens with zero attached hydrogens (tertiary/aromatic N) is 1. The van der Waals surface area contributed by atoms with Gasteiger partial charge in [0.15, 0.2) is 0 Å². The summed E-state index contributed by atoms with van der Waals surface area (Å²) in [5.41, 5.74) is 9.60. The average Bonchev–Trinajstić information content (AvgIpc) is 2.90. The highest BCUT2D eigenvalue weighted by molar-refractivity contribution is 6.05. The van der Waals surface area contributed by atoms with E-state index in [1.165, 1.54) is 5.56 Å². The molecule has 0 aliphatic carbocycles. The highest BCUT2D eigenvalue weighted by Crippen LogP contribution is 2.27. The van der Waals surface area contributed by atoms with Crippen LogP contribution in [0, 0.1) is 0 Å². The largest absolute Gasteiger partial charge is 0.399 e. The molecule has 2 aromatic carbocycles. The Hall–Kier alpha value is -2.55. The molecule has 1 aliphatic rings. The maximum absolute atomic E-state index is 12.3. The van der Waals surface area contributed by atoms with Gasteiger partial charge >= 0.3 is 0 Å². The fourth-order valence-corrected chi connectivity index (χ4v) is 2.43. The van der Waals surface area contributed by atoms with Gasteiger partial charge in [-0.05, 0) is 41.8 Å². The van der Waals surface area contributed by atoms with Crippen LogP contribution in [0.3, 0.4) is 0 Å². The minimum Gasteiger partial charge on any atom is -0.399 e. The predicted molar refractivity (Wildman–Crippen MR) is 82.4 cm³/mol. The van der Waals surface area contributed by atoms with E-state index in [1.807, 2.05) is 53.4 Å². The standard InChI is InChI=1S/C17H16N2O/c18-15-8-5-13(6-9-15)7-10-17(20)19-12-11-14-3-1-2-4-16(14)19/h1-10H,11-12,18H2/b10-7+. The van der Waals surface area contributed by atoms with Gasteiger partial charge in [0.2, 0.25) is 0 Å². The number of para-hydroxylation sites is 1. The summed E-state index contributed by atoms with van der Waals surface area (Å²) < 4.78 is 0. The molecule has 0 radical (unpaired) electrons. The Morgan fingerprint density at radius 3 is 2.65 bits per heavy atom. The molecule has 3 rings (SSSR count). The number of hydrogen-bond acceptors (Lipinski definition) is 2. The van der Waals surface area contributed by atoms with Crippen LogP contribution < -0.4 is 10.6 Å². The number of rotatable bonds is 2. The molecule has 0 spiro atoms. The van der Waals surface area contributed by atoms with Crippen LogP contribution in [0.25, 0.3) is 6.08 Å². The first-order valence-corrected chi connectivity index (χ1v) is 6.67. The summed E-state index contributed by atoms with van der Waals surface area (Å²) in [7, 11) is 0. The van der Waals surface area contributed by atoms with Crippen molar-refractivity contribution in [2.24, 2.45) is 0 Å². The minimum atomic E-state index is 0.0202. The molecular weight excluding hydrogens is 248 g/mol. The first-order valence-electron chi connectivity index (χ1n) is 6.67. The number of fused-ring (bicyclic) bond motifs is 1. The fraction of sp³-hybridized carbons (Fsp3) is 0.118. The monoisotopic (exact) mass is 264 g/mol. The fourth-order valence-electron chi connectivity index (χ4n) is 2.43. The second-order valence-corrected chi connectivity index (χ2v) is 4.87. The molecule has 0 saturated heterocycles. The van der Waals surface area contributed by atoms with Crippen LogP contribution in [0.5, 0.6) is 0 Å². The number of nitrogen functional groups attached to an aromatic ring is 1. The molecule has 0 saturated carbocycles. The van der Waals surface area contributed by atoms with Crippen LogP contribution in [-0.2, 0) is 11.2 Å². The minimum absolute atomic E-state index is 0.0202. The Balaban J connectivity index is 1.76. The molecule has 0 bridgehead atoms. The molecule has 100 valence electrons. The van der Waals surface area contributed by atoms with Crippen LogP contribution in [0.15, 0.2) is 54.6 Å². The smallest absolute Gasteiger partial charge is 0.251 e. The SMILES string of the molecule is Nc1ccc(/C=C/C(=O)N2CCc3ccccc32)cc1. The van der Waals surface area contributed by atoms with Gasteiger partial charge in [-0.15, -0.1) is 0 Å². The third-order valence-electron chi connectivity index (χ3n) is 3.51. The molecule has 0 aromatic heterocycles.